The van der Waals surface area contributed by atoms with Gasteiger partial charge in [-0.3, -0.25) is 24.8 Å². The van der Waals surface area contributed by atoms with E-state index in [1.165, 1.54) is 4.90 Å². The van der Waals surface area contributed by atoms with Crippen molar-refractivity contribution in [2.45, 2.75) is 12.5 Å². The lowest BCUT2D eigenvalue weighted by Crippen LogP contribution is -2.52. The van der Waals surface area contributed by atoms with E-state index in [2.05, 4.69) is 0 Å². The second kappa shape index (κ2) is 8.26. The summed E-state index contributed by atoms with van der Waals surface area (Å²) >= 11 is 0. The predicted octanol–water partition coefficient (Wildman–Crippen LogP) is -0.0852. The first-order chi connectivity index (χ1) is 13.3. The Labute approximate surface area is 161 Å². The van der Waals surface area contributed by atoms with Crippen molar-refractivity contribution >= 4 is 29.5 Å². The van der Waals surface area contributed by atoms with Crippen molar-refractivity contribution in [3.63, 3.8) is 0 Å². The normalized spacial score (nSPS) is 20.4. The molecule has 0 spiro atoms. The molecule has 2 amide bonds. The number of piperazine rings is 1. The topological polar surface area (TPSA) is 140 Å². The number of hydrogen-bond donors (Lipinski definition) is 3. The van der Waals surface area contributed by atoms with E-state index in [-0.39, 0.29) is 37.4 Å². The fourth-order valence-electron chi connectivity index (χ4n) is 3.32. The fourth-order valence-corrected chi connectivity index (χ4v) is 3.32. The van der Waals surface area contributed by atoms with Crippen molar-refractivity contribution in [1.82, 2.24) is 9.80 Å². The van der Waals surface area contributed by atoms with Gasteiger partial charge < -0.3 is 20.5 Å². The molecule has 150 valence electrons. The summed E-state index contributed by atoms with van der Waals surface area (Å²) in [5.41, 5.74) is 6.67. The maximum Gasteiger partial charge on any atom is 0.414 e. The van der Waals surface area contributed by atoms with Crippen LogP contribution in [0.5, 0.6) is 0 Å². The van der Waals surface area contributed by atoms with Crippen molar-refractivity contribution in [2.24, 2.45) is 5.73 Å². The maximum absolute atomic E-state index is 12.2. The average molecular weight is 389 g/mol. The highest BCUT2D eigenvalue weighted by atomic mass is 16.6. The summed E-state index contributed by atoms with van der Waals surface area (Å²) in [7, 11) is 0. The molecule has 2 fully saturated rings. The van der Waals surface area contributed by atoms with E-state index < -0.39 is 12.1 Å². The molecule has 1 aromatic carbocycles. The molecule has 0 aliphatic carbocycles. The number of nitrogen functional groups attached to an aromatic ring is 1. The molecule has 0 aromatic heterocycles. The number of carbonyl (C=O) groups is 3. The number of carboxylic acid groups (broad SMARTS) is 1. The van der Waals surface area contributed by atoms with Gasteiger partial charge in [0.15, 0.2) is 0 Å². The molecular formula is C18H23N5O5. The summed E-state index contributed by atoms with van der Waals surface area (Å²) in [5.74, 6) is -1.08. The SMILES string of the molecule is N=C(N)c1ccc(N2CC(CN3CCN(CCC(=O)O)C(=O)C3)OC2=O)cc1. The number of anilines is 1. The molecule has 0 radical (unpaired) electrons. The molecule has 1 unspecified atom stereocenters. The predicted molar refractivity (Wildman–Crippen MR) is 100 cm³/mol. The van der Waals surface area contributed by atoms with Crippen LogP contribution in [-0.2, 0) is 14.3 Å². The minimum Gasteiger partial charge on any atom is -0.481 e. The highest BCUT2D eigenvalue weighted by Gasteiger charge is 2.35. The summed E-state index contributed by atoms with van der Waals surface area (Å²) in [6.45, 7) is 2.26. The molecule has 10 nitrogen and oxygen atoms in total. The Morgan fingerprint density at radius 3 is 2.57 bits per heavy atom. The number of aliphatic carboxylic acids is 1. The van der Waals surface area contributed by atoms with Crippen LogP contribution in [0.2, 0.25) is 0 Å². The minimum atomic E-state index is -0.926. The number of nitrogens with zero attached hydrogens (tertiary/aromatic N) is 3. The summed E-state index contributed by atoms with van der Waals surface area (Å²) in [4.78, 5) is 40.0. The molecule has 2 aliphatic heterocycles. The number of cyclic esters (lactones) is 1. The lowest BCUT2D eigenvalue weighted by Gasteiger charge is -2.34. The molecule has 2 saturated heterocycles. The van der Waals surface area contributed by atoms with Crippen LogP contribution < -0.4 is 10.6 Å². The molecular weight excluding hydrogens is 366 g/mol. The zero-order valence-electron chi connectivity index (χ0n) is 15.3. The van der Waals surface area contributed by atoms with Crippen molar-refractivity contribution in [3.05, 3.63) is 29.8 Å². The Balaban J connectivity index is 1.52. The van der Waals surface area contributed by atoms with Crippen LogP contribution in [0.3, 0.4) is 0 Å². The number of carboxylic acids is 1. The second-order valence-electron chi connectivity index (χ2n) is 6.84. The number of amides is 2. The first kappa shape index (κ1) is 19.6. The number of ether oxygens (including phenoxy) is 1. The van der Waals surface area contributed by atoms with Crippen LogP contribution >= 0.6 is 0 Å². The van der Waals surface area contributed by atoms with E-state index >= 15 is 0 Å². The summed E-state index contributed by atoms with van der Waals surface area (Å²) in [5, 5.41) is 16.2. The lowest BCUT2D eigenvalue weighted by atomic mass is 10.2. The van der Waals surface area contributed by atoms with Gasteiger partial charge in [-0.25, -0.2) is 4.79 Å². The molecule has 0 bridgehead atoms. The van der Waals surface area contributed by atoms with Gasteiger partial charge in [0, 0.05) is 37.4 Å². The van der Waals surface area contributed by atoms with E-state index in [1.54, 1.807) is 29.2 Å². The van der Waals surface area contributed by atoms with Crippen molar-refractivity contribution < 1.29 is 24.2 Å². The molecule has 0 saturated carbocycles. The van der Waals surface area contributed by atoms with Crippen LogP contribution in [0.15, 0.2) is 24.3 Å². The van der Waals surface area contributed by atoms with Gasteiger partial charge in [0.2, 0.25) is 5.91 Å². The largest absolute Gasteiger partial charge is 0.481 e. The Morgan fingerprint density at radius 2 is 1.96 bits per heavy atom. The van der Waals surface area contributed by atoms with Gasteiger partial charge in [0.05, 0.1) is 19.5 Å². The molecule has 2 heterocycles. The van der Waals surface area contributed by atoms with Gasteiger partial charge in [-0.2, -0.15) is 0 Å². The number of carbonyl (C=O) groups excluding carboxylic acids is 2. The van der Waals surface area contributed by atoms with E-state index in [9.17, 15) is 14.4 Å². The van der Waals surface area contributed by atoms with Crippen molar-refractivity contribution in [3.8, 4) is 0 Å². The zero-order valence-corrected chi connectivity index (χ0v) is 15.3. The van der Waals surface area contributed by atoms with Crippen LogP contribution in [0.25, 0.3) is 0 Å². The van der Waals surface area contributed by atoms with Crippen molar-refractivity contribution in [2.75, 3.05) is 44.2 Å². The van der Waals surface area contributed by atoms with Crippen LogP contribution in [0.4, 0.5) is 10.5 Å². The summed E-state index contributed by atoms with van der Waals surface area (Å²) in [6.07, 6.45) is -0.881. The zero-order chi connectivity index (χ0) is 20.3. The lowest BCUT2D eigenvalue weighted by molar-refractivity contribution is -0.140. The summed E-state index contributed by atoms with van der Waals surface area (Å²) in [6, 6.07) is 6.77. The van der Waals surface area contributed by atoms with Crippen LogP contribution in [0, 0.1) is 5.41 Å². The Morgan fingerprint density at radius 1 is 1.25 bits per heavy atom. The number of nitrogens with one attached hydrogen (secondary N) is 1. The molecule has 4 N–H and O–H groups in total. The van der Waals surface area contributed by atoms with E-state index in [4.69, 9.17) is 21.0 Å². The maximum atomic E-state index is 12.2. The van der Waals surface area contributed by atoms with Crippen molar-refractivity contribution in [1.29, 1.82) is 5.41 Å². The summed E-state index contributed by atoms with van der Waals surface area (Å²) < 4.78 is 5.43. The smallest absolute Gasteiger partial charge is 0.414 e. The van der Waals surface area contributed by atoms with Crippen LogP contribution in [-0.4, -0.2) is 84.1 Å². The highest BCUT2D eigenvalue weighted by molar-refractivity contribution is 5.96. The van der Waals surface area contributed by atoms with Gasteiger partial charge in [0.25, 0.3) is 0 Å². The number of benzene rings is 1. The molecule has 3 rings (SSSR count). The standard InChI is InChI=1S/C18H23N5O5/c19-17(20)12-1-3-13(4-2-12)23-10-14(28-18(23)27)9-21-7-8-22(15(24)11-21)6-5-16(25)26/h1-4,14H,5-11H2,(H3,19,20)(H,25,26). The van der Waals surface area contributed by atoms with Gasteiger partial charge in [-0.05, 0) is 24.3 Å². The number of hydrogen-bond acceptors (Lipinski definition) is 6. The van der Waals surface area contributed by atoms with Gasteiger partial charge >= 0.3 is 12.1 Å². The Hall–Kier alpha value is -3.14. The Kier molecular flexibility index (Phi) is 5.78. The van der Waals surface area contributed by atoms with E-state index in [0.717, 1.165) is 0 Å². The van der Waals surface area contributed by atoms with E-state index in [0.29, 0.717) is 37.4 Å². The fraction of sp³-hybridized carbons (Fsp3) is 0.444. The molecule has 1 aromatic rings. The first-order valence-corrected chi connectivity index (χ1v) is 8.98. The number of rotatable bonds is 7. The first-order valence-electron chi connectivity index (χ1n) is 8.98. The molecule has 2 aliphatic rings. The van der Waals surface area contributed by atoms with Gasteiger partial charge in [-0.15, -0.1) is 0 Å². The van der Waals surface area contributed by atoms with Gasteiger partial charge in [0.1, 0.15) is 11.9 Å². The molecule has 1 atom stereocenters. The third-order valence-electron chi connectivity index (χ3n) is 4.82. The molecule has 28 heavy (non-hydrogen) atoms. The van der Waals surface area contributed by atoms with Crippen LogP contribution in [0.1, 0.15) is 12.0 Å². The third kappa shape index (κ3) is 4.58. The Bertz CT molecular complexity index is 781. The monoisotopic (exact) mass is 389 g/mol. The van der Waals surface area contributed by atoms with E-state index in [1.807, 2.05) is 4.90 Å². The average Bonchev–Trinajstić information content (AvgIpc) is 3.01. The van der Waals surface area contributed by atoms with Gasteiger partial charge in [-0.1, -0.05) is 0 Å². The highest BCUT2D eigenvalue weighted by Crippen LogP contribution is 2.23. The second-order valence-corrected chi connectivity index (χ2v) is 6.84. The minimum absolute atomic E-state index is 0.0411. The number of amidine groups is 1. The third-order valence-corrected chi connectivity index (χ3v) is 4.82. The number of nitrogens with two attached hydrogens (primary N) is 1. The molecule has 10 heteroatoms. The quantitative estimate of drug-likeness (QED) is 0.437.